The SMILES string of the molecule is CC.CC.CCc1ccc2c(NCC3CC3)cc(-c3ccc(CCCNC)cc3)nc2c1. The minimum atomic E-state index is 0.846. The van der Waals surface area contributed by atoms with Crippen LogP contribution in [0.2, 0.25) is 0 Å². The topological polar surface area (TPSA) is 37.0 Å². The molecule has 0 aliphatic heterocycles. The largest absolute Gasteiger partial charge is 0.384 e. The lowest BCUT2D eigenvalue weighted by atomic mass is 10.0. The Morgan fingerprint density at radius 1 is 0.906 bits per heavy atom. The Bertz CT molecular complexity index is 927. The van der Waals surface area contributed by atoms with Crippen molar-refractivity contribution < 1.29 is 0 Å². The molecule has 1 aromatic heterocycles. The molecule has 2 aromatic carbocycles. The molecule has 3 aromatic rings. The highest BCUT2D eigenvalue weighted by Gasteiger charge is 2.21. The van der Waals surface area contributed by atoms with Gasteiger partial charge in [0.2, 0.25) is 0 Å². The second-order valence-corrected chi connectivity index (χ2v) is 7.99. The maximum Gasteiger partial charge on any atom is 0.0733 e. The van der Waals surface area contributed by atoms with Crippen molar-refractivity contribution in [3.8, 4) is 11.3 Å². The van der Waals surface area contributed by atoms with Gasteiger partial charge in [-0.1, -0.05) is 71.0 Å². The number of nitrogens with one attached hydrogen (secondary N) is 2. The molecule has 0 amide bonds. The summed E-state index contributed by atoms with van der Waals surface area (Å²) in [4.78, 5) is 5.01. The normalized spacial score (nSPS) is 12.4. The first-order valence-corrected chi connectivity index (χ1v) is 12.7. The van der Waals surface area contributed by atoms with Gasteiger partial charge in [0.1, 0.15) is 0 Å². The molecule has 1 aliphatic carbocycles. The molecule has 3 nitrogen and oxygen atoms in total. The van der Waals surface area contributed by atoms with Crippen molar-refractivity contribution in [3.63, 3.8) is 0 Å². The van der Waals surface area contributed by atoms with Crippen molar-refractivity contribution in [1.29, 1.82) is 0 Å². The molecular formula is C29H43N3. The van der Waals surface area contributed by atoms with Crippen LogP contribution in [0.1, 0.15) is 65.0 Å². The summed E-state index contributed by atoms with van der Waals surface area (Å²) in [5, 5.41) is 8.14. The zero-order valence-corrected chi connectivity index (χ0v) is 21.1. The molecule has 0 bridgehead atoms. The Kier molecular flexibility index (Phi) is 11.2. The summed E-state index contributed by atoms with van der Waals surface area (Å²) >= 11 is 0. The molecule has 1 saturated carbocycles. The molecule has 1 aliphatic rings. The number of benzene rings is 2. The van der Waals surface area contributed by atoms with Gasteiger partial charge in [-0.25, -0.2) is 4.98 Å². The van der Waals surface area contributed by atoms with Gasteiger partial charge in [-0.2, -0.15) is 0 Å². The molecule has 0 atom stereocenters. The van der Waals surface area contributed by atoms with E-state index in [4.69, 9.17) is 4.98 Å². The number of pyridine rings is 1. The predicted octanol–water partition coefficient (Wildman–Crippen LogP) is 7.49. The van der Waals surface area contributed by atoms with Crippen LogP contribution in [-0.2, 0) is 12.8 Å². The van der Waals surface area contributed by atoms with Crippen LogP contribution in [0.3, 0.4) is 0 Å². The summed E-state index contributed by atoms with van der Waals surface area (Å²) in [6.07, 6.45) is 6.03. The summed E-state index contributed by atoms with van der Waals surface area (Å²) in [5.41, 5.74) is 7.28. The van der Waals surface area contributed by atoms with Crippen molar-refractivity contribution >= 4 is 16.6 Å². The van der Waals surface area contributed by atoms with E-state index in [1.165, 1.54) is 47.0 Å². The van der Waals surface area contributed by atoms with E-state index in [-0.39, 0.29) is 0 Å². The zero-order chi connectivity index (χ0) is 23.3. The molecule has 1 fully saturated rings. The highest BCUT2D eigenvalue weighted by atomic mass is 14.9. The van der Waals surface area contributed by atoms with Crippen LogP contribution in [0.25, 0.3) is 22.2 Å². The predicted molar refractivity (Wildman–Crippen MR) is 143 cm³/mol. The van der Waals surface area contributed by atoms with E-state index in [1.54, 1.807) is 0 Å². The number of anilines is 1. The summed E-state index contributed by atoms with van der Waals surface area (Å²) in [6.45, 7) is 12.3. The monoisotopic (exact) mass is 433 g/mol. The standard InChI is InChI=1S/C25H31N3.2C2H6/c1-3-18-10-13-22-24(27-17-20-6-7-20)16-23(28-25(22)15-18)21-11-8-19(9-12-21)5-4-14-26-2;2*1-2/h8-13,15-16,20,26H,3-7,14,17H2,1-2H3,(H,27,28);2*1-2H3. The van der Waals surface area contributed by atoms with Crippen molar-refractivity contribution in [3.05, 3.63) is 59.7 Å². The Morgan fingerprint density at radius 3 is 2.22 bits per heavy atom. The van der Waals surface area contributed by atoms with Crippen molar-refractivity contribution in [2.24, 2.45) is 5.92 Å². The van der Waals surface area contributed by atoms with Gasteiger partial charge in [-0.3, -0.25) is 0 Å². The fourth-order valence-electron chi connectivity index (χ4n) is 3.68. The van der Waals surface area contributed by atoms with Gasteiger partial charge in [-0.05, 0) is 74.9 Å². The highest BCUT2D eigenvalue weighted by molar-refractivity contribution is 5.94. The molecule has 4 rings (SSSR count). The van der Waals surface area contributed by atoms with Gasteiger partial charge in [-0.15, -0.1) is 0 Å². The van der Waals surface area contributed by atoms with Crippen LogP contribution in [-0.4, -0.2) is 25.1 Å². The Labute approximate surface area is 196 Å². The summed E-state index contributed by atoms with van der Waals surface area (Å²) in [7, 11) is 2.01. The number of nitrogens with zero attached hydrogens (tertiary/aromatic N) is 1. The number of aryl methyl sites for hydroxylation is 2. The first-order chi connectivity index (χ1) is 15.8. The molecule has 0 radical (unpaired) electrons. The fraction of sp³-hybridized carbons (Fsp3) is 0.483. The van der Waals surface area contributed by atoms with Crippen LogP contribution in [0.4, 0.5) is 5.69 Å². The third-order valence-corrected chi connectivity index (χ3v) is 5.70. The third kappa shape index (κ3) is 7.34. The minimum Gasteiger partial charge on any atom is -0.384 e. The van der Waals surface area contributed by atoms with E-state index in [9.17, 15) is 0 Å². The molecular weight excluding hydrogens is 390 g/mol. The Balaban J connectivity index is 0.000000860. The smallest absolute Gasteiger partial charge is 0.0733 e. The molecule has 32 heavy (non-hydrogen) atoms. The number of hydrogen-bond donors (Lipinski definition) is 2. The molecule has 0 saturated heterocycles. The van der Waals surface area contributed by atoms with Crippen LogP contribution >= 0.6 is 0 Å². The van der Waals surface area contributed by atoms with Gasteiger partial charge in [0, 0.05) is 23.2 Å². The van der Waals surface area contributed by atoms with Crippen LogP contribution in [0, 0.1) is 5.92 Å². The Morgan fingerprint density at radius 2 is 1.59 bits per heavy atom. The van der Waals surface area contributed by atoms with Crippen LogP contribution < -0.4 is 10.6 Å². The second kappa shape index (κ2) is 13.9. The van der Waals surface area contributed by atoms with Gasteiger partial charge in [0.15, 0.2) is 0 Å². The van der Waals surface area contributed by atoms with Crippen LogP contribution in [0.15, 0.2) is 48.5 Å². The fourth-order valence-corrected chi connectivity index (χ4v) is 3.68. The number of fused-ring (bicyclic) bond motifs is 1. The quantitative estimate of drug-likeness (QED) is 0.343. The average molecular weight is 434 g/mol. The number of rotatable bonds is 9. The lowest BCUT2D eigenvalue weighted by Gasteiger charge is -2.13. The van der Waals surface area contributed by atoms with E-state index in [1.807, 2.05) is 34.7 Å². The number of aromatic nitrogens is 1. The highest BCUT2D eigenvalue weighted by Crippen LogP contribution is 2.33. The first-order valence-electron chi connectivity index (χ1n) is 12.7. The van der Waals surface area contributed by atoms with Crippen molar-refractivity contribution in [1.82, 2.24) is 10.3 Å². The molecule has 1 heterocycles. The van der Waals surface area contributed by atoms with E-state index >= 15 is 0 Å². The molecule has 3 heteroatoms. The molecule has 0 spiro atoms. The van der Waals surface area contributed by atoms with Gasteiger partial charge >= 0.3 is 0 Å². The number of hydrogen-bond acceptors (Lipinski definition) is 3. The van der Waals surface area contributed by atoms with E-state index < -0.39 is 0 Å². The maximum atomic E-state index is 5.01. The van der Waals surface area contributed by atoms with Gasteiger partial charge < -0.3 is 10.6 Å². The molecule has 2 N–H and O–H groups in total. The maximum absolute atomic E-state index is 5.01. The van der Waals surface area contributed by atoms with E-state index in [2.05, 4.69) is 66.1 Å². The van der Waals surface area contributed by atoms with E-state index in [0.717, 1.165) is 43.1 Å². The van der Waals surface area contributed by atoms with Gasteiger partial charge in [0.25, 0.3) is 0 Å². The molecule has 174 valence electrons. The summed E-state index contributed by atoms with van der Waals surface area (Å²) < 4.78 is 0. The van der Waals surface area contributed by atoms with Crippen molar-refractivity contribution in [2.45, 2.75) is 66.7 Å². The van der Waals surface area contributed by atoms with E-state index in [0.29, 0.717) is 0 Å². The zero-order valence-electron chi connectivity index (χ0n) is 21.1. The first kappa shape index (κ1) is 25.9. The third-order valence-electron chi connectivity index (χ3n) is 5.70. The summed E-state index contributed by atoms with van der Waals surface area (Å²) in [5.74, 6) is 0.846. The average Bonchev–Trinajstić information content (AvgIpc) is 3.69. The lowest BCUT2D eigenvalue weighted by molar-refractivity contribution is 0.725. The van der Waals surface area contributed by atoms with Crippen molar-refractivity contribution in [2.75, 3.05) is 25.5 Å². The summed E-state index contributed by atoms with van der Waals surface area (Å²) in [6, 6.07) is 17.9. The molecule has 0 unspecified atom stereocenters. The van der Waals surface area contributed by atoms with Gasteiger partial charge in [0.05, 0.1) is 11.2 Å². The van der Waals surface area contributed by atoms with Crippen LogP contribution in [0.5, 0.6) is 0 Å². The second-order valence-electron chi connectivity index (χ2n) is 7.99. The Hall–Kier alpha value is -2.39. The minimum absolute atomic E-state index is 0.846. The lowest BCUT2D eigenvalue weighted by Crippen LogP contribution is -2.08.